The van der Waals surface area contributed by atoms with E-state index in [1.54, 1.807) is 6.07 Å². The fraction of sp³-hybridized carbons (Fsp3) is 0.417. The predicted octanol–water partition coefficient (Wildman–Crippen LogP) is 3.19. The molecule has 0 radical (unpaired) electrons. The zero-order chi connectivity index (χ0) is 13.5. The molecule has 0 fully saturated rings. The van der Waals surface area contributed by atoms with Crippen LogP contribution in [0.15, 0.2) is 24.3 Å². The molecule has 100 valence electrons. The fourth-order valence-corrected chi connectivity index (χ4v) is 1.46. The van der Waals surface area contributed by atoms with E-state index in [0.717, 1.165) is 6.42 Å². The molecule has 0 aliphatic rings. The van der Waals surface area contributed by atoms with Gasteiger partial charge in [0.1, 0.15) is 5.75 Å². The van der Waals surface area contributed by atoms with E-state index in [-0.39, 0.29) is 16.1 Å². The second-order valence-electron chi connectivity index (χ2n) is 3.59. The average molecular weight is 322 g/mol. The maximum atomic E-state index is 12.2. The maximum Gasteiger partial charge on any atom is 0.387 e. The summed E-state index contributed by atoms with van der Waals surface area (Å²) in [5, 5.41) is 2.65. The van der Waals surface area contributed by atoms with E-state index >= 15 is 0 Å². The number of hydrogen-bond donors (Lipinski definition) is 1. The van der Waals surface area contributed by atoms with Crippen LogP contribution in [0.4, 0.5) is 8.78 Å². The number of halogens is 3. The van der Waals surface area contributed by atoms with Crippen molar-refractivity contribution >= 4 is 21.8 Å². The van der Waals surface area contributed by atoms with Gasteiger partial charge in [0, 0.05) is 11.4 Å². The molecular weight excluding hydrogens is 308 g/mol. The van der Waals surface area contributed by atoms with Gasteiger partial charge in [-0.3, -0.25) is 4.79 Å². The smallest absolute Gasteiger partial charge is 0.387 e. The van der Waals surface area contributed by atoms with Crippen LogP contribution in [-0.2, 0) is 0 Å². The highest BCUT2D eigenvalue weighted by Gasteiger charge is 2.15. The third kappa shape index (κ3) is 4.60. The first-order valence-corrected chi connectivity index (χ1v) is 6.42. The molecule has 1 aromatic rings. The number of alkyl halides is 3. The highest BCUT2D eigenvalue weighted by Crippen LogP contribution is 2.20. The largest absolute Gasteiger partial charge is 0.434 e. The number of benzene rings is 1. The number of amides is 1. The lowest BCUT2D eigenvalue weighted by molar-refractivity contribution is -0.0501. The van der Waals surface area contributed by atoms with Gasteiger partial charge in [-0.1, -0.05) is 35.0 Å². The Hall–Kier alpha value is -1.17. The topological polar surface area (TPSA) is 38.3 Å². The molecule has 0 aromatic heterocycles. The molecule has 1 rings (SSSR count). The van der Waals surface area contributed by atoms with Crippen molar-refractivity contribution in [3.63, 3.8) is 0 Å². The number of para-hydroxylation sites is 1. The molecule has 0 aliphatic carbocycles. The Morgan fingerprint density at radius 1 is 1.44 bits per heavy atom. The highest BCUT2D eigenvalue weighted by atomic mass is 79.9. The SMILES string of the molecule is CCC(Br)CNC(=O)c1ccccc1OC(F)F. The van der Waals surface area contributed by atoms with Gasteiger partial charge >= 0.3 is 6.61 Å². The summed E-state index contributed by atoms with van der Waals surface area (Å²) in [6, 6.07) is 5.92. The normalized spacial score (nSPS) is 12.3. The monoisotopic (exact) mass is 321 g/mol. The van der Waals surface area contributed by atoms with Crippen molar-refractivity contribution in [3.8, 4) is 5.75 Å². The third-order valence-corrected chi connectivity index (χ3v) is 3.25. The highest BCUT2D eigenvalue weighted by molar-refractivity contribution is 9.09. The molecule has 1 unspecified atom stereocenters. The second-order valence-corrected chi connectivity index (χ2v) is 4.89. The van der Waals surface area contributed by atoms with E-state index in [1.807, 2.05) is 6.92 Å². The number of rotatable bonds is 6. The average Bonchev–Trinajstić information content (AvgIpc) is 2.35. The number of ether oxygens (including phenoxy) is 1. The van der Waals surface area contributed by atoms with Gasteiger partial charge in [-0.25, -0.2) is 0 Å². The van der Waals surface area contributed by atoms with Crippen LogP contribution in [0, 0.1) is 0 Å². The summed E-state index contributed by atoms with van der Waals surface area (Å²) in [6.45, 7) is -0.545. The van der Waals surface area contributed by atoms with Gasteiger partial charge in [-0.15, -0.1) is 0 Å². The minimum absolute atomic E-state index is 0.105. The molecule has 0 bridgehead atoms. The first kappa shape index (κ1) is 14.9. The van der Waals surface area contributed by atoms with E-state index in [0.29, 0.717) is 6.54 Å². The Morgan fingerprint density at radius 2 is 2.11 bits per heavy atom. The van der Waals surface area contributed by atoms with E-state index < -0.39 is 12.5 Å². The zero-order valence-corrected chi connectivity index (χ0v) is 11.4. The van der Waals surface area contributed by atoms with Crippen molar-refractivity contribution in [2.75, 3.05) is 6.54 Å². The lowest BCUT2D eigenvalue weighted by Gasteiger charge is -2.12. The van der Waals surface area contributed by atoms with Gasteiger partial charge in [0.15, 0.2) is 0 Å². The lowest BCUT2D eigenvalue weighted by atomic mass is 10.2. The van der Waals surface area contributed by atoms with Crippen LogP contribution in [0.2, 0.25) is 0 Å². The molecule has 3 nitrogen and oxygen atoms in total. The minimum atomic E-state index is -2.95. The van der Waals surface area contributed by atoms with Crippen LogP contribution in [0.3, 0.4) is 0 Å². The first-order chi connectivity index (χ1) is 8.54. The molecule has 1 amide bonds. The van der Waals surface area contributed by atoms with Crippen LogP contribution < -0.4 is 10.1 Å². The Balaban J connectivity index is 2.72. The fourth-order valence-electron chi connectivity index (χ4n) is 1.30. The summed E-state index contributed by atoms with van der Waals surface area (Å²) >= 11 is 3.37. The van der Waals surface area contributed by atoms with Crippen molar-refractivity contribution in [2.45, 2.75) is 24.8 Å². The van der Waals surface area contributed by atoms with Gasteiger partial charge in [0.2, 0.25) is 0 Å². The third-order valence-electron chi connectivity index (χ3n) is 2.27. The summed E-state index contributed by atoms with van der Waals surface area (Å²) in [6.07, 6.45) is 0.857. The molecule has 0 heterocycles. The molecule has 0 spiro atoms. The first-order valence-electron chi connectivity index (χ1n) is 5.50. The van der Waals surface area contributed by atoms with Gasteiger partial charge in [0.25, 0.3) is 5.91 Å². The molecule has 0 saturated heterocycles. The number of carbonyl (C=O) groups excluding carboxylic acids is 1. The van der Waals surface area contributed by atoms with Gasteiger partial charge < -0.3 is 10.1 Å². The Morgan fingerprint density at radius 3 is 2.72 bits per heavy atom. The summed E-state index contributed by atoms with van der Waals surface area (Å²) in [7, 11) is 0. The molecule has 1 N–H and O–H groups in total. The van der Waals surface area contributed by atoms with Crippen LogP contribution in [0.1, 0.15) is 23.7 Å². The maximum absolute atomic E-state index is 12.2. The van der Waals surface area contributed by atoms with Gasteiger partial charge in [-0.2, -0.15) is 8.78 Å². The lowest BCUT2D eigenvalue weighted by Crippen LogP contribution is -2.29. The standard InChI is InChI=1S/C12H14BrF2NO2/c1-2-8(13)7-16-11(17)9-5-3-4-6-10(9)18-12(14)15/h3-6,8,12H,2,7H2,1H3,(H,16,17). The van der Waals surface area contributed by atoms with E-state index in [4.69, 9.17) is 0 Å². The van der Waals surface area contributed by atoms with E-state index in [9.17, 15) is 13.6 Å². The Bertz CT molecular complexity index is 401. The molecule has 18 heavy (non-hydrogen) atoms. The molecule has 1 atom stereocenters. The number of hydrogen-bond acceptors (Lipinski definition) is 2. The quantitative estimate of drug-likeness (QED) is 0.817. The zero-order valence-electron chi connectivity index (χ0n) is 9.83. The number of nitrogens with one attached hydrogen (secondary N) is 1. The molecule has 1 aromatic carbocycles. The van der Waals surface area contributed by atoms with Crippen molar-refractivity contribution in [2.24, 2.45) is 0 Å². The van der Waals surface area contributed by atoms with Crippen LogP contribution in [-0.4, -0.2) is 23.9 Å². The predicted molar refractivity (Wildman–Crippen MR) is 68.4 cm³/mol. The Kier molecular flexibility index (Phi) is 6.04. The number of carbonyl (C=O) groups is 1. The molecule has 6 heteroatoms. The minimum Gasteiger partial charge on any atom is -0.434 e. The second kappa shape index (κ2) is 7.31. The summed E-state index contributed by atoms with van der Waals surface area (Å²) in [5.74, 6) is -0.545. The van der Waals surface area contributed by atoms with Gasteiger partial charge in [0.05, 0.1) is 5.56 Å². The van der Waals surface area contributed by atoms with Crippen molar-refractivity contribution in [1.29, 1.82) is 0 Å². The van der Waals surface area contributed by atoms with E-state index in [1.165, 1.54) is 18.2 Å². The molecular formula is C12H14BrF2NO2. The Labute approximate surface area is 113 Å². The van der Waals surface area contributed by atoms with Crippen LogP contribution in [0.5, 0.6) is 5.75 Å². The molecule has 0 saturated carbocycles. The molecule has 0 aliphatic heterocycles. The van der Waals surface area contributed by atoms with Gasteiger partial charge in [-0.05, 0) is 18.6 Å². The summed E-state index contributed by atoms with van der Waals surface area (Å²) in [5.41, 5.74) is 0.105. The van der Waals surface area contributed by atoms with Crippen molar-refractivity contribution in [1.82, 2.24) is 5.32 Å². The summed E-state index contributed by atoms with van der Waals surface area (Å²) in [4.78, 5) is 12.0. The summed E-state index contributed by atoms with van der Waals surface area (Å²) < 4.78 is 28.6. The van der Waals surface area contributed by atoms with Crippen LogP contribution >= 0.6 is 15.9 Å². The van der Waals surface area contributed by atoms with E-state index in [2.05, 4.69) is 26.0 Å². The van der Waals surface area contributed by atoms with Crippen molar-refractivity contribution < 1.29 is 18.3 Å². The van der Waals surface area contributed by atoms with Crippen molar-refractivity contribution in [3.05, 3.63) is 29.8 Å². The van der Waals surface area contributed by atoms with Crippen LogP contribution in [0.25, 0.3) is 0 Å².